The first kappa shape index (κ1) is 17.2. The first-order chi connectivity index (χ1) is 9.64. The molecule has 2 N–H and O–H groups in total. The second-order valence-corrected chi connectivity index (χ2v) is 5.48. The maximum absolute atomic E-state index is 11.5. The minimum Gasteiger partial charge on any atom is -0.497 e. The fourth-order valence-electron chi connectivity index (χ4n) is 1.51. The van der Waals surface area contributed by atoms with Crippen LogP contribution >= 0.6 is 7.82 Å². The van der Waals surface area contributed by atoms with Gasteiger partial charge < -0.3 is 14.0 Å². The van der Waals surface area contributed by atoms with Crippen LogP contribution < -0.4 is 9.26 Å². The number of benzene rings is 1. The maximum Gasteiger partial charge on any atom is 0.524 e. The summed E-state index contributed by atoms with van der Waals surface area (Å²) >= 11 is 0. The molecule has 21 heavy (non-hydrogen) atoms. The number of hydrogen-bond donors (Lipinski definition) is 2. The van der Waals surface area contributed by atoms with Crippen molar-refractivity contribution in [1.29, 1.82) is 0 Å². The van der Waals surface area contributed by atoms with E-state index in [4.69, 9.17) is 19.3 Å². The van der Waals surface area contributed by atoms with Gasteiger partial charge in [0.25, 0.3) is 0 Å². The minimum atomic E-state index is -4.73. The van der Waals surface area contributed by atoms with Crippen LogP contribution in [0.2, 0.25) is 0 Å². The average molecular weight is 316 g/mol. The molecule has 1 rings (SSSR count). The van der Waals surface area contributed by atoms with Crippen molar-refractivity contribution in [1.82, 2.24) is 0 Å². The van der Waals surface area contributed by atoms with Crippen molar-refractivity contribution in [3.63, 3.8) is 0 Å². The van der Waals surface area contributed by atoms with E-state index in [9.17, 15) is 9.36 Å². The highest BCUT2D eigenvalue weighted by Crippen LogP contribution is 2.42. The van der Waals surface area contributed by atoms with Gasteiger partial charge in [-0.3, -0.25) is 9.79 Å². The number of phosphoric ester groups is 1. The number of hydrogen-bond acceptors (Lipinski definition) is 5. The molecule has 0 fully saturated rings. The molecule has 0 aliphatic heterocycles. The maximum atomic E-state index is 11.5. The Morgan fingerprint density at radius 1 is 1.38 bits per heavy atom. The summed E-state index contributed by atoms with van der Waals surface area (Å²) in [6.45, 7) is 6.50. The lowest BCUT2D eigenvalue weighted by Gasteiger charge is -2.18. The Hall–Kier alpha value is -1.82. The van der Waals surface area contributed by atoms with E-state index >= 15 is 0 Å². The van der Waals surface area contributed by atoms with Crippen LogP contribution in [0.3, 0.4) is 0 Å². The predicted molar refractivity (Wildman–Crippen MR) is 75.0 cm³/mol. The van der Waals surface area contributed by atoms with E-state index in [0.29, 0.717) is 5.75 Å². The van der Waals surface area contributed by atoms with Crippen LogP contribution in [0, 0.1) is 0 Å². The van der Waals surface area contributed by atoms with E-state index in [2.05, 4.69) is 11.1 Å². The summed E-state index contributed by atoms with van der Waals surface area (Å²) in [6.07, 6.45) is -0.800. The summed E-state index contributed by atoms with van der Waals surface area (Å²) in [5.41, 5.74) is 0.481. The number of carbonyl (C=O) groups excluding carboxylic acids is 1. The van der Waals surface area contributed by atoms with Crippen LogP contribution in [0.4, 0.5) is 0 Å². The molecule has 0 radical (unpaired) electrons. The first-order valence-electron chi connectivity index (χ1n) is 5.93. The van der Waals surface area contributed by atoms with E-state index in [0.717, 1.165) is 0 Å². The van der Waals surface area contributed by atoms with Crippen molar-refractivity contribution in [2.75, 3.05) is 7.11 Å². The van der Waals surface area contributed by atoms with Crippen molar-refractivity contribution in [2.24, 2.45) is 0 Å². The summed E-state index contributed by atoms with van der Waals surface area (Å²) < 4.78 is 25.7. The third-order valence-corrected chi connectivity index (χ3v) is 2.94. The third kappa shape index (κ3) is 5.23. The lowest BCUT2D eigenvalue weighted by Crippen LogP contribution is -2.10. The quantitative estimate of drug-likeness (QED) is 0.472. The molecule has 1 unspecified atom stereocenters. The molecule has 0 amide bonds. The second kappa shape index (κ2) is 6.76. The van der Waals surface area contributed by atoms with Crippen LogP contribution in [0.25, 0.3) is 0 Å². The molecular weight excluding hydrogens is 299 g/mol. The Bertz CT molecular complexity index is 590. The molecule has 1 atom stereocenters. The summed E-state index contributed by atoms with van der Waals surface area (Å²) in [7, 11) is -3.29. The molecule has 7 nitrogen and oxygen atoms in total. The average Bonchev–Trinajstić information content (AvgIpc) is 2.37. The fourth-order valence-corrected chi connectivity index (χ4v) is 1.93. The molecule has 1 aromatic rings. The Balaban J connectivity index is 3.14. The standard InChI is InChI=1S/C13H17O7P/c1-8(2)13(14)19-9(3)11-7-10(18-4)5-6-12(11)20-21(15,16)17/h5-7,9H,1H2,2-4H3,(H2,15,16,17). The van der Waals surface area contributed by atoms with Crippen LogP contribution in [0.15, 0.2) is 30.4 Å². The van der Waals surface area contributed by atoms with E-state index in [1.54, 1.807) is 6.92 Å². The van der Waals surface area contributed by atoms with Gasteiger partial charge in [0.2, 0.25) is 0 Å². The lowest BCUT2D eigenvalue weighted by atomic mass is 10.1. The number of phosphoric acid groups is 1. The van der Waals surface area contributed by atoms with E-state index in [1.165, 1.54) is 32.2 Å². The van der Waals surface area contributed by atoms with Gasteiger partial charge in [0.15, 0.2) is 0 Å². The molecule has 8 heteroatoms. The molecule has 1 aromatic carbocycles. The van der Waals surface area contributed by atoms with Gasteiger partial charge in [0.05, 0.1) is 7.11 Å². The summed E-state index contributed by atoms with van der Waals surface area (Å²) in [5.74, 6) is -0.278. The number of methoxy groups -OCH3 is 1. The molecule has 0 heterocycles. The third-order valence-electron chi connectivity index (χ3n) is 2.50. The van der Waals surface area contributed by atoms with Crippen LogP contribution in [-0.4, -0.2) is 22.9 Å². The Morgan fingerprint density at radius 3 is 2.48 bits per heavy atom. The van der Waals surface area contributed by atoms with E-state index in [1.807, 2.05) is 0 Å². The Morgan fingerprint density at radius 2 is 2.00 bits per heavy atom. The van der Waals surface area contributed by atoms with E-state index < -0.39 is 19.9 Å². The van der Waals surface area contributed by atoms with Gasteiger partial charge in [-0.1, -0.05) is 6.58 Å². The molecular formula is C13H17O7P. The fraction of sp³-hybridized carbons (Fsp3) is 0.308. The van der Waals surface area contributed by atoms with Crippen molar-refractivity contribution in [3.05, 3.63) is 35.9 Å². The van der Waals surface area contributed by atoms with Crippen LogP contribution in [-0.2, 0) is 14.1 Å². The van der Waals surface area contributed by atoms with Crippen molar-refractivity contribution >= 4 is 13.8 Å². The topological polar surface area (TPSA) is 102 Å². The SMILES string of the molecule is C=C(C)C(=O)OC(C)c1cc(OC)ccc1OP(=O)(O)O. The molecule has 0 saturated carbocycles. The molecule has 0 saturated heterocycles. The first-order valence-corrected chi connectivity index (χ1v) is 7.46. The zero-order chi connectivity index (χ0) is 16.2. The molecule has 0 aromatic heterocycles. The predicted octanol–water partition coefficient (Wildman–Crippen LogP) is 2.35. The van der Waals surface area contributed by atoms with Crippen LogP contribution in [0.5, 0.6) is 11.5 Å². The molecule has 116 valence electrons. The van der Waals surface area contributed by atoms with Crippen molar-refractivity contribution in [2.45, 2.75) is 20.0 Å². The normalized spacial score (nSPS) is 12.4. The highest BCUT2D eigenvalue weighted by atomic mass is 31.2. The molecule has 0 aliphatic rings. The second-order valence-electron chi connectivity index (χ2n) is 4.31. The summed E-state index contributed by atoms with van der Waals surface area (Å²) in [5, 5.41) is 0. The number of esters is 1. The lowest BCUT2D eigenvalue weighted by molar-refractivity contribution is -0.143. The number of rotatable bonds is 6. The number of carbonyl (C=O) groups is 1. The highest BCUT2D eigenvalue weighted by Gasteiger charge is 2.23. The van der Waals surface area contributed by atoms with Crippen molar-refractivity contribution < 1.29 is 33.1 Å². The monoisotopic (exact) mass is 316 g/mol. The van der Waals surface area contributed by atoms with E-state index in [-0.39, 0.29) is 16.9 Å². The summed E-state index contributed by atoms with van der Waals surface area (Å²) in [4.78, 5) is 29.3. The molecule has 0 bridgehead atoms. The molecule has 0 spiro atoms. The van der Waals surface area contributed by atoms with Gasteiger partial charge in [-0.15, -0.1) is 0 Å². The van der Waals surface area contributed by atoms with Crippen LogP contribution in [0.1, 0.15) is 25.5 Å². The van der Waals surface area contributed by atoms with Gasteiger partial charge >= 0.3 is 13.8 Å². The van der Waals surface area contributed by atoms with Gasteiger partial charge in [-0.25, -0.2) is 9.36 Å². The van der Waals surface area contributed by atoms with Gasteiger partial charge in [-0.05, 0) is 32.0 Å². The Labute approximate surface area is 122 Å². The van der Waals surface area contributed by atoms with Gasteiger partial charge in [0.1, 0.15) is 17.6 Å². The Kier molecular flexibility index (Phi) is 5.54. The zero-order valence-electron chi connectivity index (χ0n) is 11.9. The van der Waals surface area contributed by atoms with Gasteiger partial charge in [-0.2, -0.15) is 0 Å². The zero-order valence-corrected chi connectivity index (χ0v) is 12.8. The number of ether oxygens (including phenoxy) is 2. The van der Waals surface area contributed by atoms with Gasteiger partial charge in [0, 0.05) is 11.1 Å². The largest absolute Gasteiger partial charge is 0.524 e. The summed E-state index contributed by atoms with van der Waals surface area (Å²) in [6, 6.07) is 4.28. The van der Waals surface area contributed by atoms with Crippen molar-refractivity contribution in [3.8, 4) is 11.5 Å². The minimum absolute atomic E-state index is 0.0915. The highest BCUT2D eigenvalue weighted by molar-refractivity contribution is 7.46. The molecule has 0 aliphatic carbocycles. The smallest absolute Gasteiger partial charge is 0.497 e.